The molecule has 6 heteroatoms. The van der Waals surface area contributed by atoms with Crippen LogP contribution in [0.25, 0.3) is 0 Å². The number of hydrogen-bond acceptors (Lipinski definition) is 5. The zero-order chi connectivity index (χ0) is 25.2. The molecule has 6 nitrogen and oxygen atoms in total. The Hall–Kier alpha value is -3.51. The molecule has 1 saturated heterocycles. The Morgan fingerprint density at radius 2 is 1.81 bits per heavy atom. The van der Waals surface area contributed by atoms with Crippen molar-refractivity contribution in [2.75, 3.05) is 30.4 Å². The van der Waals surface area contributed by atoms with Crippen molar-refractivity contribution in [3.05, 3.63) is 90.1 Å². The first-order valence-corrected chi connectivity index (χ1v) is 13.0. The highest BCUT2D eigenvalue weighted by atomic mass is 16.1. The van der Waals surface area contributed by atoms with Crippen molar-refractivity contribution >= 4 is 23.1 Å². The zero-order valence-electron chi connectivity index (χ0n) is 21.4. The van der Waals surface area contributed by atoms with Crippen LogP contribution in [0, 0.1) is 5.92 Å². The predicted molar refractivity (Wildman–Crippen MR) is 148 cm³/mol. The van der Waals surface area contributed by atoms with E-state index in [4.69, 9.17) is 5.10 Å². The summed E-state index contributed by atoms with van der Waals surface area (Å²) >= 11 is 0. The Kier molecular flexibility index (Phi) is 9.22. The van der Waals surface area contributed by atoms with Gasteiger partial charge in [-0.15, -0.1) is 0 Å². The van der Waals surface area contributed by atoms with E-state index in [0.717, 1.165) is 68.1 Å². The molecule has 1 aliphatic rings. The number of nitrogens with one attached hydrogen (secondary N) is 2. The number of benzene rings is 2. The molecule has 0 spiro atoms. The SMILES string of the molecule is CC(C)C(=O)Nc1cccc(C2CCN(CCC/C(=N/Nc3ccccn3)c3ccccc3)CC2)c1. The average Bonchev–Trinajstić information content (AvgIpc) is 2.92. The summed E-state index contributed by atoms with van der Waals surface area (Å²) in [6.07, 6.45) is 6.01. The minimum Gasteiger partial charge on any atom is -0.326 e. The van der Waals surface area contributed by atoms with Crippen LogP contribution >= 0.6 is 0 Å². The normalized spacial score (nSPS) is 15.1. The molecule has 0 saturated carbocycles. The molecule has 0 unspecified atom stereocenters. The van der Waals surface area contributed by atoms with E-state index >= 15 is 0 Å². The van der Waals surface area contributed by atoms with E-state index in [9.17, 15) is 4.79 Å². The summed E-state index contributed by atoms with van der Waals surface area (Å²) < 4.78 is 0. The first-order chi connectivity index (χ1) is 17.6. The molecule has 36 heavy (non-hydrogen) atoms. The molecule has 4 rings (SSSR count). The maximum atomic E-state index is 12.1. The first-order valence-electron chi connectivity index (χ1n) is 13.0. The summed E-state index contributed by atoms with van der Waals surface area (Å²) in [5, 5.41) is 7.73. The number of piperidine rings is 1. The van der Waals surface area contributed by atoms with E-state index in [1.165, 1.54) is 5.56 Å². The zero-order valence-corrected chi connectivity index (χ0v) is 21.4. The molecule has 0 atom stereocenters. The van der Waals surface area contributed by atoms with Gasteiger partial charge < -0.3 is 10.2 Å². The van der Waals surface area contributed by atoms with Crippen molar-refractivity contribution in [1.29, 1.82) is 0 Å². The highest BCUT2D eigenvalue weighted by Crippen LogP contribution is 2.30. The van der Waals surface area contributed by atoms with Crippen molar-refractivity contribution in [3.63, 3.8) is 0 Å². The van der Waals surface area contributed by atoms with Crippen molar-refractivity contribution in [2.24, 2.45) is 11.0 Å². The van der Waals surface area contributed by atoms with Gasteiger partial charge in [0, 0.05) is 17.8 Å². The van der Waals surface area contributed by atoms with Crippen molar-refractivity contribution < 1.29 is 4.79 Å². The number of rotatable bonds is 10. The van der Waals surface area contributed by atoms with Crippen LogP contribution in [-0.4, -0.2) is 41.1 Å². The van der Waals surface area contributed by atoms with Crippen LogP contribution < -0.4 is 10.7 Å². The molecule has 188 valence electrons. The van der Waals surface area contributed by atoms with Gasteiger partial charge in [0.05, 0.1) is 5.71 Å². The summed E-state index contributed by atoms with van der Waals surface area (Å²) in [5.74, 6) is 1.34. The molecule has 0 aliphatic carbocycles. The van der Waals surface area contributed by atoms with Crippen molar-refractivity contribution in [1.82, 2.24) is 9.88 Å². The van der Waals surface area contributed by atoms with Gasteiger partial charge in [0.25, 0.3) is 0 Å². The molecule has 1 aromatic heterocycles. The van der Waals surface area contributed by atoms with Gasteiger partial charge in [-0.05, 0) is 86.6 Å². The summed E-state index contributed by atoms with van der Waals surface area (Å²) in [5.41, 5.74) is 7.54. The van der Waals surface area contributed by atoms with Gasteiger partial charge in [0.2, 0.25) is 5.91 Å². The average molecular weight is 484 g/mol. The highest BCUT2D eigenvalue weighted by Gasteiger charge is 2.21. The van der Waals surface area contributed by atoms with E-state index in [2.05, 4.69) is 63.1 Å². The number of anilines is 2. The Morgan fingerprint density at radius 1 is 1.03 bits per heavy atom. The van der Waals surface area contributed by atoms with E-state index in [1.807, 2.05) is 44.2 Å². The van der Waals surface area contributed by atoms with Crippen molar-refractivity contribution in [2.45, 2.75) is 45.4 Å². The lowest BCUT2D eigenvalue weighted by molar-refractivity contribution is -0.118. The molecule has 3 aromatic rings. The third-order valence-electron chi connectivity index (χ3n) is 6.70. The minimum absolute atomic E-state index is 0.0184. The number of likely N-dealkylation sites (tertiary alicyclic amines) is 1. The van der Waals surface area contributed by atoms with Gasteiger partial charge in [-0.2, -0.15) is 5.10 Å². The quantitative estimate of drug-likeness (QED) is 0.268. The van der Waals surface area contributed by atoms with Crippen LogP contribution in [0.5, 0.6) is 0 Å². The number of hydrogen-bond donors (Lipinski definition) is 2. The third kappa shape index (κ3) is 7.49. The highest BCUT2D eigenvalue weighted by molar-refractivity contribution is 6.00. The van der Waals surface area contributed by atoms with Crippen LogP contribution in [0.1, 0.15) is 56.6 Å². The summed E-state index contributed by atoms with van der Waals surface area (Å²) in [4.78, 5) is 18.9. The summed E-state index contributed by atoms with van der Waals surface area (Å²) in [6.45, 7) is 7.09. The Balaban J connectivity index is 1.28. The largest absolute Gasteiger partial charge is 0.326 e. The number of carbonyl (C=O) groups excluding carboxylic acids is 1. The van der Waals surface area contributed by atoms with Crippen LogP contribution in [0.15, 0.2) is 84.1 Å². The van der Waals surface area contributed by atoms with E-state index in [0.29, 0.717) is 5.92 Å². The molecule has 2 N–H and O–H groups in total. The minimum atomic E-state index is -0.0184. The standard InChI is InChI=1S/C30H37N5O/c1-23(2)30(36)32-27-13-8-12-26(22-27)24-16-20-35(21-17-24)19-9-14-28(25-10-4-3-5-11-25)33-34-29-15-6-7-18-31-29/h3-8,10-13,15,18,22-24H,9,14,16-17,19-21H2,1-2H3,(H,31,34)(H,32,36)/b33-28-. The second-order valence-corrected chi connectivity index (χ2v) is 9.74. The van der Waals surface area contributed by atoms with Crippen LogP contribution in [0.2, 0.25) is 0 Å². The topological polar surface area (TPSA) is 69.6 Å². The second kappa shape index (κ2) is 13.0. The van der Waals surface area contributed by atoms with Gasteiger partial charge in [-0.25, -0.2) is 4.98 Å². The van der Waals surface area contributed by atoms with Gasteiger partial charge in [-0.1, -0.05) is 62.4 Å². The fraction of sp³-hybridized carbons (Fsp3) is 0.367. The smallest absolute Gasteiger partial charge is 0.226 e. The van der Waals surface area contributed by atoms with Gasteiger partial charge in [0.1, 0.15) is 5.82 Å². The van der Waals surface area contributed by atoms with Gasteiger partial charge >= 0.3 is 0 Å². The fourth-order valence-corrected chi connectivity index (χ4v) is 4.57. The molecule has 2 aromatic carbocycles. The Bertz CT molecular complexity index is 1120. The number of carbonyl (C=O) groups is 1. The van der Waals surface area contributed by atoms with Crippen LogP contribution in [-0.2, 0) is 4.79 Å². The Morgan fingerprint density at radius 3 is 2.53 bits per heavy atom. The Labute approximate surface area is 214 Å². The van der Waals surface area contributed by atoms with E-state index < -0.39 is 0 Å². The number of nitrogens with zero attached hydrogens (tertiary/aromatic N) is 3. The lowest BCUT2D eigenvalue weighted by Gasteiger charge is -2.32. The number of pyridine rings is 1. The van der Waals surface area contributed by atoms with E-state index in [-0.39, 0.29) is 11.8 Å². The lowest BCUT2D eigenvalue weighted by atomic mass is 9.89. The number of aromatic nitrogens is 1. The summed E-state index contributed by atoms with van der Waals surface area (Å²) in [7, 11) is 0. The molecule has 1 aliphatic heterocycles. The molecule has 2 heterocycles. The lowest BCUT2D eigenvalue weighted by Crippen LogP contribution is -2.34. The second-order valence-electron chi connectivity index (χ2n) is 9.74. The fourth-order valence-electron chi connectivity index (χ4n) is 4.57. The number of hydrazone groups is 1. The molecule has 0 bridgehead atoms. The number of amides is 1. The summed E-state index contributed by atoms with van der Waals surface area (Å²) in [6, 6.07) is 24.5. The molecular weight excluding hydrogens is 446 g/mol. The van der Waals surface area contributed by atoms with Gasteiger partial charge in [0.15, 0.2) is 0 Å². The van der Waals surface area contributed by atoms with Gasteiger partial charge in [-0.3, -0.25) is 10.2 Å². The van der Waals surface area contributed by atoms with Crippen molar-refractivity contribution in [3.8, 4) is 0 Å². The molecule has 1 amide bonds. The molecular formula is C30H37N5O. The van der Waals surface area contributed by atoms with E-state index in [1.54, 1.807) is 6.20 Å². The van der Waals surface area contributed by atoms with Crippen LogP contribution in [0.3, 0.4) is 0 Å². The molecule has 1 fully saturated rings. The predicted octanol–water partition coefficient (Wildman–Crippen LogP) is 6.15. The third-order valence-corrected chi connectivity index (χ3v) is 6.70. The maximum absolute atomic E-state index is 12.1. The first kappa shape index (κ1) is 25.6. The molecule has 0 radical (unpaired) electrons. The monoisotopic (exact) mass is 483 g/mol. The van der Waals surface area contributed by atoms with Crippen LogP contribution in [0.4, 0.5) is 11.5 Å². The maximum Gasteiger partial charge on any atom is 0.226 e.